The molecule has 0 aliphatic heterocycles. The van der Waals surface area contributed by atoms with Gasteiger partial charge in [-0.05, 0) is 6.07 Å². The van der Waals surface area contributed by atoms with Gasteiger partial charge in [0.05, 0.1) is 11.3 Å². The maximum Gasteiger partial charge on any atom is 0.252 e. The van der Waals surface area contributed by atoms with Crippen LogP contribution in [0.15, 0.2) is 23.1 Å². The number of hydrogen-bond donors (Lipinski definition) is 2. The number of H-pyrrole nitrogens is 1. The van der Waals surface area contributed by atoms with Gasteiger partial charge in [-0.3, -0.25) is 9.59 Å². The van der Waals surface area contributed by atoms with E-state index in [2.05, 4.69) is 10.3 Å². The van der Waals surface area contributed by atoms with E-state index in [0.29, 0.717) is 0 Å². The van der Waals surface area contributed by atoms with Crippen LogP contribution in [0.4, 0.5) is 0 Å². The van der Waals surface area contributed by atoms with Crippen molar-refractivity contribution in [3.63, 3.8) is 0 Å². The Morgan fingerprint density at radius 1 is 1.39 bits per heavy atom. The van der Waals surface area contributed by atoms with E-state index < -0.39 is 15.9 Å². The van der Waals surface area contributed by atoms with Crippen molar-refractivity contribution in [2.75, 3.05) is 26.4 Å². The molecule has 0 aliphatic carbocycles. The predicted molar refractivity (Wildman–Crippen MR) is 66.9 cm³/mol. The first-order valence-electron chi connectivity index (χ1n) is 5.20. The number of rotatable bonds is 5. The third-order valence-electron chi connectivity index (χ3n) is 2.25. The van der Waals surface area contributed by atoms with E-state index in [1.54, 1.807) is 0 Å². The summed E-state index contributed by atoms with van der Waals surface area (Å²) in [7, 11) is -0.463. The molecule has 1 heterocycles. The first-order chi connectivity index (χ1) is 8.33. The minimum atomic E-state index is -3.32. The Hall–Kier alpha value is -1.67. The average Bonchev–Trinajstić information content (AvgIpc) is 2.29. The van der Waals surface area contributed by atoms with Crippen molar-refractivity contribution in [2.24, 2.45) is 0 Å². The minimum Gasteiger partial charge on any atom is -0.351 e. The van der Waals surface area contributed by atoms with Crippen LogP contribution in [0.2, 0.25) is 0 Å². The number of aromatic nitrogens is 1. The molecule has 100 valence electrons. The van der Waals surface area contributed by atoms with Crippen LogP contribution < -0.4 is 10.9 Å². The lowest BCUT2D eigenvalue weighted by Gasteiger charge is -2.11. The van der Waals surface area contributed by atoms with Gasteiger partial charge in [-0.25, -0.2) is 12.7 Å². The average molecular weight is 273 g/mol. The second-order valence-corrected chi connectivity index (χ2v) is 6.10. The molecular weight excluding hydrogens is 258 g/mol. The third kappa shape index (κ3) is 3.97. The van der Waals surface area contributed by atoms with Crippen LogP contribution in [0.25, 0.3) is 0 Å². The van der Waals surface area contributed by atoms with Crippen molar-refractivity contribution in [1.29, 1.82) is 0 Å². The molecule has 8 heteroatoms. The fourth-order valence-electron chi connectivity index (χ4n) is 1.13. The summed E-state index contributed by atoms with van der Waals surface area (Å²) in [6, 6.07) is 2.60. The summed E-state index contributed by atoms with van der Waals surface area (Å²) in [6.07, 6.45) is 1.28. The molecule has 0 radical (unpaired) electrons. The topological polar surface area (TPSA) is 99.3 Å². The van der Waals surface area contributed by atoms with Crippen LogP contribution in [-0.2, 0) is 10.0 Å². The number of amides is 1. The van der Waals surface area contributed by atoms with Crippen molar-refractivity contribution in [3.8, 4) is 0 Å². The highest BCUT2D eigenvalue weighted by Crippen LogP contribution is 1.95. The highest BCUT2D eigenvalue weighted by molar-refractivity contribution is 7.89. The van der Waals surface area contributed by atoms with Gasteiger partial charge in [0, 0.05) is 32.9 Å². The summed E-state index contributed by atoms with van der Waals surface area (Å²) in [5.41, 5.74) is -0.0291. The summed E-state index contributed by atoms with van der Waals surface area (Å²) in [5.74, 6) is -0.602. The number of carbonyl (C=O) groups excluding carboxylic acids is 1. The normalized spacial score (nSPS) is 11.5. The number of aromatic amines is 1. The van der Waals surface area contributed by atoms with Crippen LogP contribution in [0.3, 0.4) is 0 Å². The van der Waals surface area contributed by atoms with Crippen LogP contribution in [0, 0.1) is 0 Å². The standard InChI is InChI=1S/C10H15N3O4S/c1-13(2)18(16,17)6-5-11-10(15)8-3-4-9(14)12-7-8/h3-4,7H,5-6H2,1-2H3,(H,11,15)(H,12,14). The van der Waals surface area contributed by atoms with Crippen molar-refractivity contribution in [2.45, 2.75) is 0 Å². The number of pyridine rings is 1. The van der Waals surface area contributed by atoms with Gasteiger partial charge in [-0.1, -0.05) is 0 Å². The van der Waals surface area contributed by atoms with Gasteiger partial charge in [0.15, 0.2) is 0 Å². The Balaban J connectivity index is 2.53. The molecule has 0 aromatic carbocycles. The van der Waals surface area contributed by atoms with E-state index in [1.165, 1.54) is 32.4 Å². The molecule has 18 heavy (non-hydrogen) atoms. The van der Waals surface area contributed by atoms with Crippen LogP contribution in [0.1, 0.15) is 10.4 Å². The van der Waals surface area contributed by atoms with Gasteiger partial charge in [0.25, 0.3) is 5.91 Å². The number of hydrogen-bond acceptors (Lipinski definition) is 4. The molecule has 0 bridgehead atoms. The summed E-state index contributed by atoms with van der Waals surface area (Å²) >= 11 is 0. The van der Waals surface area contributed by atoms with E-state index >= 15 is 0 Å². The Morgan fingerprint density at radius 3 is 2.56 bits per heavy atom. The zero-order valence-electron chi connectivity index (χ0n) is 10.1. The van der Waals surface area contributed by atoms with Gasteiger partial charge in [-0.15, -0.1) is 0 Å². The summed E-state index contributed by atoms with van der Waals surface area (Å²) < 4.78 is 23.9. The van der Waals surface area contributed by atoms with Gasteiger partial charge in [0.1, 0.15) is 0 Å². The maximum absolute atomic E-state index is 11.6. The Labute approximate surface area is 105 Å². The predicted octanol–water partition coefficient (Wildman–Crippen LogP) is -1.00. The number of nitrogens with zero attached hydrogens (tertiary/aromatic N) is 1. The van der Waals surface area contributed by atoms with Gasteiger partial charge in [-0.2, -0.15) is 0 Å². The van der Waals surface area contributed by atoms with Gasteiger partial charge >= 0.3 is 0 Å². The van der Waals surface area contributed by atoms with E-state index in [1.807, 2.05) is 0 Å². The lowest BCUT2D eigenvalue weighted by Crippen LogP contribution is -2.34. The molecule has 0 unspecified atom stereocenters. The highest BCUT2D eigenvalue weighted by atomic mass is 32.2. The number of carbonyl (C=O) groups is 1. The molecule has 0 spiro atoms. The highest BCUT2D eigenvalue weighted by Gasteiger charge is 2.14. The number of nitrogens with one attached hydrogen (secondary N) is 2. The quantitative estimate of drug-likeness (QED) is 0.718. The zero-order valence-corrected chi connectivity index (χ0v) is 11.0. The lowest BCUT2D eigenvalue weighted by molar-refractivity contribution is 0.0955. The minimum absolute atomic E-state index is 0.0124. The Bertz CT molecular complexity index is 557. The van der Waals surface area contributed by atoms with Crippen molar-refractivity contribution < 1.29 is 13.2 Å². The molecule has 2 N–H and O–H groups in total. The van der Waals surface area contributed by atoms with Gasteiger partial charge in [0.2, 0.25) is 15.6 Å². The third-order valence-corrected chi connectivity index (χ3v) is 4.08. The Morgan fingerprint density at radius 2 is 2.06 bits per heavy atom. The molecule has 0 atom stereocenters. The molecule has 1 aromatic heterocycles. The number of sulfonamides is 1. The summed E-state index contributed by atoms with van der Waals surface area (Å²) in [5, 5.41) is 2.46. The molecular formula is C10H15N3O4S. The smallest absolute Gasteiger partial charge is 0.252 e. The second-order valence-electron chi connectivity index (χ2n) is 3.80. The molecule has 0 aliphatic rings. The van der Waals surface area contributed by atoms with Crippen molar-refractivity contribution in [3.05, 3.63) is 34.2 Å². The van der Waals surface area contributed by atoms with E-state index in [-0.39, 0.29) is 23.4 Å². The summed E-state index contributed by atoms with van der Waals surface area (Å²) in [4.78, 5) is 24.7. The molecule has 0 saturated heterocycles. The molecule has 1 amide bonds. The maximum atomic E-state index is 11.6. The molecule has 1 aromatic rings. The van der Waals surface area contributed by atoms with Crippen LogP contribution in [-0.4, -0.2) is 50.0 Å². The second kappa shape index (κ2) is 5.78. The first kappa shape index (κ1) is 14.4. The van der Waals surface area contributed by atoms with Crippen LogP contribution >= 0.6 is 0 Å². The van der Waals surface area contributed by atoms with Gasteiger partial charge < -0.3 is 10.3 Å². The van der Waals surface area contributed by atoms with E-state index in [0.717, 1.165) is 4.31 Å². The molecule has 0 saturated carbocycles. The summed E-state index contributed by atoms with van der Waals surface area (Å²) in [6.45, 7) is 0.0124. The Kier molecular flexibility index (Phi) is 4.62. The molecule has 7 nitrogen and oxygen atoms in total. The lowest BCUT2D eigenvalue weighted by atomic mass is 10.3. The fraction of sp³-hybridized carbons (Fsp3) is 0.400. The van der Waals surface area contributed by atoms with Crippen molar-refractivity contribution >= 4 is 15.9 Å². The largest absolute Gasteiger partial charge is 0.351 e. The van der Waals surface area contributed by atoms with E-state index in [4.69, 9.17) is 0 Å². The van der Waals surface area contributed by atoms with E-state index in [9.17, 15) is 18.0 Å². The zero-order chi connectivity index (χ0) is 13.8. The fourth-order valence-corrected chi connectivity index (χ4v) is 1.86. The SMILES string of the molecule is CN(C)S(=O)(=O)CCNC(=O)c1ccc(=O)[nH]c1. The molecule has 0 fully saturated rings. The van der Waals surface area contributed by atoms with Crippen LogP contribution in [0.5, 0.6) is 0 Å². The monoisotopic (exact) mass is 273 g/mol. The first-order valence-corrected chi connectivity index (χ1v) is 6.81. The van der Waals surface area contributed by atoms with Crippen molar-refractivity contribution in [1.82, 2.24) is 14.6 Å². The molecule has 1 rings (SSSR count).